The van der Waals surface area contributed by atoms with E-state index in [1.807, 2.05) is 0 Å². The van der Waals surface area contributed by atoms with Gasteiger partial charge in [0.15, 0.2) is 0 Å². The largest absolute Gasteiger partial charge is 0.478 e. The van der Waals surface area contributed by atoms with Crippen molar-refractivity contribution in [3.63, 3.8) is 0 Å². The fourth-order valence-electron chi connectivity index (χ4n) is 2.88. The van der Waals surface area contributed by atoms with Crippen molar-refractivity contribution in [1.82, 2.24) is 5.32 Å². The molecule has 1 heterocycles. The van der Waals surface area contributed by atoms with E-state index in [2.05, 4.69) is 5.32 Å². The van der Waals surface area contributed by atoms with Gasteiger partial charge in [0.25, 0.3) is 0 Å². The van der Waals surface area contributed by atoms with E-state index in [1.165, 1.54) is 25.3 Å². The highest BCUT2D eigenvalue weighted by Gasteiger charge is 2.20. The lowest BCUT2D eigenvalue weighted by Gasteiger charge is -2.18. The van der Waals surface area contributed by atoms with Crippen LogP contribution in [-0.2, 0) is 11.3 Å². The Morgan fingerprint density at radius 3 is 2.43 bits per heavy atom. The van der Waals surface area contributed by atoms with Gasteiger partial charge in [-0.25, -0.2) is 4.79 Å². The van der Waals surface area contributed by atoms with Crippen molar-refractivity contribution >= 4 is 11.9 Å². The van der Waals surface area contributed by atoms with Crippen LogP contribution in [0.25, 0.3) is 0 Å². The maximum absolute atomic E-state index is 12.2. The van der Waals surface area contributed by atoms with E-state index in [0.29, 0.717) is 11.5 Å². The number of amides is 1. The van der Waals surface area contributed by atoms with Crippen molar-refractivity contribution in [1.29, 1.82) is 0 Å². The Hall–Kier alpha value is -1.78. The van der Waals surface area contributed by atoms with Crippen molar-refractivity contribution in [2.24, 2.45) is 5.92 Å². The van der Waals surface area contributed by atoms with E-state index in [1.54, 1.807) is 6.92 Å². The summed E-state index contributed by atoms with van der Waals surface area (Å²) in [5.74, 6) is -0.00114. The highest BCUT2D eigenvalue weighted by atomic mass is 16.4. The molecule has 1 aliphatic rings. The summed E-state index contributed by atoms with van der Waals surface area (Å²) in [7, 11) is 0. The topological polar surface area (TPSA) is 79.5 Å². The average molecular weight is 293 g/mol. The SMILES string of the molecule is Cc1oc(CNC(=O)C2CCCCCCC2)cc1C(=O)O. The molecule has 0 spiro atoms. The summed E-state index contributed by atoms with van der Waals surface area (Å²) in [5, 5.41) is 11.8. The van der Waals surface area contributed by atoms with Crippen LogP contribution in [0.2, 0.25) is 0 Å². The quantitative estimate of drug-likeness (QED) is 0.893. The predicted molar refractivity (Wildman–Crippen MR) is 78.1 cm³/mol. The van der Waals surface area contributed by atoms with E-state index in [0.717, 1.165) is 25.7 Å². The molecule has 5 nitrogen and oxygen atoms in total. The average Bonchev–Trinajstić information content (AvgIpc) is 2.77. The zero-order valence-electron chi connectivity index (χ0n) is 12.5. The predicted octanol–water partition coefficient (Wildman–Crippen LogP) is 3.26. The first-order valence-electron chi connectivity index (χ1n) is 7.68. The summed E-state index contributed by atoms with van der Waals surface area (Å²) < 4.78 is 5.36. The van der Waals surface area contributed by atoms with Gasteiger partial charge in [0.05, 0.1) is 6.54 Å². The molecule has 0 atom stereocenters. The molecule has 0 aromatic carbocycles. The van der Waals surface area contributed by atoms with Crippen molar-refractivity contribution in [2.75, 3.05) is 0 Å². The van der Waals surface area contributed by atoms with E-state index >= 15 is 0 Å². The molecule has 0 aliphatic heterocycles. The number of carbonyl (C=O) groups excluding carboxylic acids is 1. The van der Waals surface area contributed by atoms with Crippen LogP contribution in [0.4, 0.5) is 0 Å². The van der Waals surface area contributed by atoms with Gasteiger partial charge in [-0.15, -0.1) is 0 Å². The minimum absolute atomic E-state index is 0.0582. The van der Waals surface area contributed by atoms with Gasteiger partial charge in [0.2, 0.25) is 5.91 Å². The van der Waals surface area contributed by atoms with Crippen molar-refractivity contribution < 1.29 is 19.1 Å². The monoisotopic (exact) mass is 293 g/mol. The molecule has 1 aromatic heterocycles. The molecule has 21 heavy (non-hydrogen) atoms. The molecule has 116 valence electrons. The minimum Gasteiger partial charge on any atom is -0.478 e. The van der Waals surface area contributed by atoms with Crippen LogP contribution in [0.15, 0.2) is 10.5 Å². The summed E-state index contributed by atoms with van der Waals surface area (Å²) in [6, 6.07) is 1.48. The third-order valence-corrected chi connectivity index (χ3v) is 4.11. The number of carbonyl (C=O) groups is 2. The Bertz CT molecular complexity index is 498. The number of aromatic carboxylic acids is 1. The smallest absolute Gasteiger partial charge is 0.339 e. The number of carboxylic acid groups (broad SMARTS) is 1. The number of carboxylic acids is 1. The number of aryl methyl sites for hydroxylation is 1. The lowest BCUT2D eigenvalue weighted by molar-refractivity contribution is -0.125. The van der Waals surface area contributed by atoms with Crippen molar-refractivity contribution in [2.45, 2.75) is 58.4 Å². The van der Waals surface area contributed by atoms with Gasteiger partial charge in [0, 0.05) is 5.92 Å². The summed E-state index contributed by atoms with van der Waals surface area (Å²) in [6.07, 6.45) is 7.82. The molecule has 1 aromatic rings. The fraction of sp³-hybridized carbons (Fsp3) is 0.625. The first-order chi connectivity index (χ1) is 10.1. The highest BCUT2D eigenvalue weighted by molar-refractivity contribution is 5.88. The Balaban J connectivity index is 1.88. The summed E-state index contributed by atoms with van der Waals surface area (Å²) in [6.45, 7) is 1.87. The van der Waals surface area contributed by atoms with E-state index < -0.39 is 5.97 Å². The summed E-state index contributed by atoms with van der Waals surface area (Å²) in [4.78, 5) is 23.1. The molecular weight excluding hydrogens is 270 g/mol. The second-order valence-electron chi connectivity index (χ2n) is 5.75. The van der Waals surface area contributed by atoms with Crippen LogP contribution in [0.1, 0.15) is 66.8 Å². The zero-order chi connectivity index (χ0) is 15.2. The lowest BCUT2D eigenvalue weighted by Crippen LogP contribution is -2.30. The van der Waals surface area contributed by atoms with Gasteiger partial charge in [0.1, 0.15) is 17.1 Å². The number of nitrogens with one attached hydrogen (secondary N) is 1. The normalized spacial score (nSPS) is 17.0. The van der Waals surface area contributed by atoms with Crippen LogP contribution in [0.3, 0.4) is 0 Å². The highest BCUT2D eigenvalue weighted by Crippen LogP contribution is 2.22. The van der Waals surface area contributed by atoms with Gasteiger partial charge in [-0.3, -0.25) is 4.79 Å². The van der Waals surface area contributed by atoms with Crippen LogP contribution in [0, 0.1) is 12.8 Å². The van der Waals surface area contributed by atoms with E-state index in [9.17, 15) is 9.59 Å². The van der Waals surface area contributed by atoms with Crippen LogP contribution < -0.4 is 5.32 Å². The first kappa shape index (κ1) is 15.6. The molecule has 5 heteroatoms. The van der Waals surface area contributed by atoms with Crippen LogP contribution >= 0.6 is 0 Å². The number of hydrogen-bond acceptors (Lipinski definition) is 3. The minimum atomic E-state index is -1.01. The van der Waals surface area contributed by atoms with E-state index in [4.69, 9.17) is 9.52 Å². The number of hydrogen-bond donors (Lipinski definition) is 2. The molecule has 1 saturated carbocycles. The second kappa shape index (κ2) is 7.29. The molecule has 1 amide bonds. The standard InChI is InChI=1S/C16H23NO4/c1-11-14(16(19)20)9-13(21-11)10-17-15(18)12-7-5-3-2-4-6-8-12/h9,12H,2-8,10H2,1H3,(H,17,18)(H,19,20). The van der Waals surface area contributed by atoms with Crippen LogP contribution in [0.5, 0.6) is 0 Å². The van der Waals surface area contributed by atoms with Crippen LogP contribution in [-0.4, -0.2) is 17.0 Å². The van der Waals surface area contributed by atoms with E-state index in [-0.39, 0.29) is 23.9 Å². The van der Waals surface area contributed by atoms with Gasteiger partial charge < -0.3 is 14.8 Å². The molecule has 0 radical (unpaired) electrons. The summed E-state index contributed by atoms with van der Waals surface area (Å²) in [5.41, 5.74) is 0.158. The molecule has 1 aliphatic carbocycles. The Kier molecular flexibility index (Phi) is 5.42. The van der Waals surface area contributed by atoms with Crippen molar-refractivity contribution in [3.8, 4) is 0 Å². The third kappa shape index (κ3) is 4.34. The van der Waals surface area contributed by atoms with Gasteiger partial charge in [-0.2, -0.15) is 0 Å². The Morgan fingerprint density at radius 1 is 1.24 bits per heavy atom. The molecule has 0 saturated heterocycles. The molecule has 1 fully saturated rings. The fourth-order valence-corrected chi connectivity index (χ4v) is 2.88. The lowest BCUT2D eigenvalue weighted by atomic mass is 9.90. The van der Waals surface area contributed by atoms with Gasteiger partial charge in [-0.05, 0) is 25.8 Å². The Morgan fingerprint density at radius 2 is 1.86 bits per heavy atom. The summed E-state index contributed by atoms with van der Waals surface area (Å²) >= 11 is 0. The van der Waals surface area contributed by atoms with Gasteiger partial charge >= 0.3 is 5.97 Å². The Labute approximate surface area is 124 Å². The number of furan rings is 1. The third-order valence-electron chi connectivity index (χ3n) is 4.11. The molecule has 2 N–H and O–H groups in total. The molecule has 2 rings (SSSR count). The zero-order valence-corrected chi connectivity index (χ0v) is 12.5. The maximum Gasteiger partial charge on any atom is 0.339 e. The van der Waals surface area contributed by atoms with Gasteiger partial charge in [-0.1, -0.05) is 32.1 Å². The number of rotatable bonds is 4. The first-order valence-corrected chi connectivity index (χ1v) is 7.68. The van der Waals surface area contributed by atoms with Crippen molar-refractivity contribution in [3.05, 3.63) is 23.2 Å². The molecule has 0 bridgehead atoms. The second-order valence-corrected chi connectivity index (χ2v) is 5.75. The molecular formula is C16H23NO4. The molecule has 0 unspecified atom stereocenters. The maximum atomic E-state index is 12.2.